The molecular weight excluding hydrogens is 248 g/mol. The lowest BCUT2D eigenvalue weighted by molar-refractivity contribution is 0.0524. The first-order chi connectivity index (χ1) is 9.04. The molecule has 7 nitrogen and oxygen atoms in total. The molecule has 2 rings (SSSR count). The number of aromatic nitrogens is 4. The van der Waals surface area contributed by atoms with Crippen LogP contribution in [0.2, 0.25) is 0 Å². The summed E-state index contributed by atoms with van der Waals surface area (Å²) in [5.74, 6) is 0.0314. The Morgan fingerprint density at radius 1 is 1.42 bits per heavy atom. The fourth-order valence-corrected chi connectivity index (χ4v) is 1.82. The molecule has 0 bridgehead atoms. The summed E-state index contributed by atoms with van der Waals surface area (Å²) in [6, 6.07) is 2.88. The van der Waals surface area contributed by atoms with Crippen molar-refractivity contribution >= 4 is 5.97 Å². The van der Waals surface area contributed by atoms with Crippen molar-refractivity contribution in [2.45, 2.75) is 20.8 Å². The van der Waals surface area contributed by atoms with Gasteiger partial charge in [-0.1, -0.05) is 0 Å². The molecule has 0 aliphatic rings. The zero-order valence-corrected chi connectivity index (χ0v) is 10.9. The first-order valence-electron chi connectivity index (χ1n) is 5.84. The van der Waals surface area contributed by atoms with Gasteiger partial charge in [-0.05, 0) is 26.8 Å². The highest BCUT2D eigenvalue weighted by atomic mass is 16.5. The van der Waals surface area contributed by atoms with Crippen molar-refractivity contribution in [2.75, 3.05) is 6.61 Å². The summed E-state index contributed by atoms with van der Waals surface area (Å²) in [5, 5.41) is 10.5. The van der Waals surface area contributed by atoms with Gasteiger partial charge in [0.2, 0.25) is 0 Å². The van der Waals surface area contributed by atoms with Crippen LogP contribution in [0.25, 0.3) is 5.82 Å². The lowest BCUT2D eigenvalue weighted by Crippen LogP contribution is -2.11. The Bertz CT molecular complexity index is 652. The van der Waals surface area contributed by atoms with E-state index in [1.54, 1.807) is 20.8 Å². The highest BCUT2D eigenvalue weighted by Crippen LogP contribution is 2.17. The van der Waals surface area contributed by atoms with Crippen LogP contribution in [0.15, 0.2) is 16.9 Å². The van der Waals surface area contributed by atoms with E-state index in [1.807, 2.05) is 0 Å². The number of hydrogen-bond acceptors (Lipinski definition) is 5. The maximum absolute atomic E-state index is 11.8. The molecular formula is C12H14N4O3. The van der Waals surface area contributed by atoms with E-state index in [-0.39, 0.29) is 5.56 Å². The minimum absolute atomic E-state index is 0.295. The van der Waals surface area contributed by atoms with Gasteiger partial charge in [-0.3, -0.25) is 4.79 Å². The van der Waals surface area contributed by atoms with Gasteiger partial charge in [-0.2, -0.15) is 10.2 Å². The second kappa shape index (κ2) is 5.05. The molecule has 0 fully saturated rings. The minimum atomic E-state index is -0.409. The fraction of sp³-hybridized carbons (Fsp3) is 0.333. The topological polar surface area (TPSA) is 89.9 Å². The Balaban J connectivity index is 2.49. The summed E-state index contributed by atoms with van der Waals surface area (Å²) >= 11 is 0. The van der Waals surface area contributed by atoms with Crippen LogP contribution in [0.3, 0.4) is 0 Å². The van der Waals surface area contributed by atoms with Gasteiger partial charge in [0.05, 0.1) is 18.0 Å². The van der Waals surface area contributed by atoms with E-state index >= 15 is 0 Å². The SMILES string of the molecule is CCOC(=O)c1c(C)nn(-c2ccc(=O)[nH]n2)c1C. The fourth-order valence-electron chi connectivity index (χ4n) is 1.82. The van der Waals surface area contributed by atoms with Gasteiger partial charge in [0.25, 0.3) is 5.56 Å². The lowest BCUT2D eigenvalue weighted by atomic mass is 10.2. The molecule has 19 heavy (non-hydrogen) atoms. The summed E-state index contributed by atoms with van der Waals surface area (Å²) in [4.78, 5) is 22.8. The van der Waals surface area contributed by atoms with E-state index in [1.165, 1.54) is 16.8 Å². The standard InChI is InChI=1S/C12H14N4O3/c1-4-19-12(18)11-7(2)15-16(8(11)3)9-5-6-10(17)14-13-9/h5-6H,4H2,1-3H3,(H,14,17). The van der Waals surface area contributed by atoms with Gasteiger partial charge in [-0.25, -0.2) is 14.6 Å². The van der Waals surface area contributed by atoms with Crippen LogP contribution in [0.1, 0.15) is 28.7 Å². The number of carbonyl (C=O) groups excluding carboxylic acids is 1. The predicted octanol–water partition coefficient (Wildman–Crippen LogP) is 0.749. The van der Waals surface area contributed by atoms with Crippen molar-refractivity contribution in [1.29, 1.82) is 0 Å². The van der Waals surface area contributed by atoms with Crippen LogP contribution < -0.4 is 5.56 Å². The third kappa shape index (κ3) is 2.40. The molecule has 7 heteroatoms. The van der Waals surface area contributed by atoms with Gasteiger partial charge >= 0.3 is 5.97 Å². The number of hydrogen-bond donors (Lipinski definition) is 1. The van der Waals surface area contributed by atoms with Crippen molar-refractivity contribution in [2.24, 2.45) is 0 Å². The van der Waals surface area contributed by atoms with Crippen LogP contribution in [-0.4, -0.2) is 32.6 Å². The van der Waals surface area contributed by atoms with Crippen LogP contribution in [0.4, 0.5) is 0 Å². The van der Waals surface area contributed by atoms with Crippen LogP contribution in [0, 0.1) is 13.8 Å². The van der Waals surface area contributed by atoms with E-state index in [4.69, 9.17) is 4.74 Å². The number of rotatable bonds is 3. The molecule has 0 aromatic carbocycles. The molecule has 2 aromatic rings. The highest BCUT2D eigenvalue weighted by Gasteiger charge is 2.20. The monoisotopic (exact) mass is 262 g/mol. The largest absolute Gasteiger partial charge is 0.462 e. The summed E-state index contributed by atoms with van der Waals surface area (Å²) in [6.45, 7) is 5.52. The molecule has 0 saturated heterocycles. The number of ether oxygens (including phenoxy) is 1. The number of aryl methyl sites for hydroxylation is 1. The Hall–Kier alpha value is -2.44. The molecule has 100 valence electrons. The smallest absolute Gasteiger partial charge is 0.341 e. The second-order valence-electron chi connectivity index (χ2n) is 3.96. The zero-order valence-electron chi connectivity index (χ0n) is 10.9. The second-order valence-corrected chi connectivity index (χ2v) is 3.96. The number of carbonyl (C=O) groups is 1. The molecule has 0 saturated carbocycles. The minimum Gasteiger partial charge on any atom is -0.462 e. The van der Waals surface area contributed by atoms with Crippen molar-refractivity contribution in [3.63, 3.8) is 0 Å². The van der Waals surface area contributed by atoms with E-state index in [9.17, 15) is 9.59 Å². The molecule has 0 atom stereocenters. The molecule has 0 spiro atoms. The van der Waals surface area contributed by atoms with E-state index in [2.05, 4.69) is 15.3 Å². The average Bonchev–Trinajstić information content (AvgIpc) is 2.66. The molecule has 0 amide bonds. The summed E-state index contributed by atoms with van der Waals surface area (Å²) in [7, 11) is 0. The van der Waals surface area contributed by atoms with E-state index in [0.29, 0.717) is 29.4 Å². The number of nitrogens with one attached hydrogen (secondary N) is 1. The number of esters is 1. The van der Waals surface area contributed by atoms with Crippen molar-refractivity contribution in [3.8, 4) is 5.82 Å². The van der Waals surface area contributed by atoms with Gasteiger partial charge in [-0.15, -0.1) is 0 Å². The normalized spacial score (nSPS) is 10.5. The van der Waals surface area contributed by atoms with Gasteiger partial charge in [0, 0.05) is 6.07 Å². The van der Waals surface area contributed by atoms with Gasteiger partial charge in [0.1, 0.15) is 5.56 Å². The zero-order chi connectivity index (χ0) is 14.0. The third-order valence-electron chi connectivity index (χ3n) is 2.65. The quantitative estimate of drug-likeness (QED) is 0.824. The van der Waals surface area contributed by atoms with E-state index < -0.39 is 5.97 Å². The van der Waals surface area contributed by atoms with Crippen molar-refractivity contribution in [3.05, 3.63) is 39.4 Å². The highest BCUT2D eigenvalue weighted by molar-refractivity contribution is 5.92. The maximum atomic E-state index is 11.8. The number of H-pyrrole nitrogens is 1. The average molecular weight is 262 g/mol. The predicted molar refractivity (Wildman–Crippen MR) is 67.4 cm³/mol. The molecule has 0 radical (unpaired) electrons. The Kier molecular flexibility index (Phi) is 3.46. The van der Waals surface area contributed by atoms with E-state index in [0.717, 1.165) is 0 Å². The molecule has 2 aromatic heterocycles. The van der Waals surface area contributed by atoms with Crippen LogP contribution >= 0.6 is 0 Å². The van der Waals surface area contributed by atoms with Crippen LogP contribution in [-0.2, 0) is 4.74 Å². The van der Waals surface area contributed by atoms with Gasteiger partial charge < -0.3 is 4.74 Å². The molecule has 0 unspecified atom stereocenters. The molecule has 0 aliphatic heterocycles. The third-order valence-corrected chi connectivity index (χ3v) is 2.65. The summed E-state index contributed by atoms with van der Waals surface area (Å²) < 4.78 is 6.48. The molecule has 0 aliphatic carbocycles. The molecule has 2 heterocycles. The summed E-state index contributed by atoms with van der Waals surface area (Å²) in [6.07, 6.45) is 0. The Labute approximate surface area is 109 Å². The Morgan fingerprint density at radius 3 is 2.74 bits per heavy atom. The van der Waals surface area contributed by atoms with Gasteiger partial charge in [0.15, 0.2) is 5.82 Å². The first-order valence-corrected chi connectivity index (χ1v) is 5.84. The first kappa shape index (κ1) is 13.0. The Morgan fingerprint density at radius 2 is 2.16 bits per heavy atom. The van der Waals surface area contributed by atoms with Crippen LogP contribution in [0.5, 0.6) is 0 Å². The maximum Gasteiger partial charge on any atom is 0.341 e. The lowest BCUT2D eigenvalue weighted by Gasteiger charge is -2.03. The summed E-state index contributed by atoms with van der Waals surface area (Å²) in [5.41, 5.74) is 1.31. The number of aromatic amines is 1. The van der Waals surface area contributed by atoms with Crippen molar-refractivity contribution < 1.29 is 9.53 Å². The van der Waals surface area contributed by atoms with Crippen molar-refractivity contribution in [1.82, 2.24) is 20.0 Å². The molecule has 1 N–H and O–H groups in total. The number of nitrogens with zero attached hydrogens (tertiary/aromatic N) is 3.